The van der Waals surface area contributed by atoms with Crippen molar-refractivity contribution in [2.24, 2.45) is 5.92 Å². The first-order valence-corrected chi connectivity index (χ1v) is 6.94. The number of nitrogens with one attached hydrogen (secondary N) is 1. The first-order chi connectivity index (χ1) is 9.99. The molecule has 1 fully saturated rings. The molecule has 21 heavy (non-hydrogen) atoms. The second kappa shape index (κ2) is 6.51. The number of carboxylic acids is 1. The number of aromatic carboxylic acids is 1. The van der Waals surface area contributed by atoms with E-state index in [0.717, 1.165) is 12.5 Å². The Hall–Kier alpha value is -2.18. The molecular weight excluding hydrogens is 279 g/mol. The van der Waals surface area contributed by atoms with Crippen LogP contribution in [0.25, 0.3) is 0 Å². The minimum atomic E-state index is -1.44. The summed E-state index contributed by atoms with van der Waals surface area (Å²) in [5.74, 6) is -1.63. The Morgan fingerprint density at radius 1 is 1.43 bits per heavy atom. The van der Waals surface area contributed by atoms with Gasteiger partial charge in [0.25, 0.3) is 5.69 Å². The van der Waals surface area contributed by atoms with Crippen molar-refractivity contribution in [3.63, 3.8) is 0 Å². The van der Waals surface area contributed by atoms with Crippen LogP contribution in [-0.2, 0) is 0 Å². The predicted molar refractivity (Wildman–Crippen MR) is 75.1 cm³/mol. The van der Waals surface area contributed by atoms with E-state index in [1.807, 2.05) is 0 Å². The predicted octanol–water partition coefficient (Wildman–Crippen LogP) is 3.42. The van der Waals surface area contributed by atoms with Crippen molar-refractivity contribution < 1.29 is 19.2 Å². The molecule has 0 saturated heterocycles. The van der Waals surface area contributed by atoms with E-state index in [0.29, 0.717) is 18.5 Å². The molecule has 6 nitrogen and oxygen atoms in total. The molecule has 0 spiro atoms. The zero-order valence-electron chi connectivity index (χ0n) is 11.5. The average Bonchev–Trinajstić information content (AvgIpc) is 2.92. The van der Waals surface area contributed by atoms with Gasteiger partial charge in [-0.3, -0.25) is 10.1 Å². The SMILES string of the molecule is O=C(O)c1cc(NCCC2CCCC2)c(F)cc1[N+](=O)[O-]. The minimum absolute atomic E-state index is 0.00371. The Morgan fingerprint density at radius 2 is 2.10 bits per heavy atom. The lowest BCUT2D eigenvalue weighted by molar-refractivity contribution is -0.385. The van der Waals surface area contributed by atoms with Gasteiger partial charge in [-0.05, 0) is 18.4 Å². The van der Waals surface area contributed by atoms with Crippen molar-refractivity contribution >= 4 is 17.3 Å². The number of anilines is 1. The maximum absolute atomic E-state index is 13.8. The third-order valence-electron chi connectivity index (χ3n) is 3.86. The van der Waals surface area contributed by atoms with Crippen molar-refractivity contribution in [2.75, 3.05) is 11.9 Å². The summed E-state index contributed by atoms with van der Waals surface area (Å²) < 4.78 is 13.8. The smallest absolute Gasteiger partial charge is 0.342 e. The van der Waals surface area contributed by atoms with E-state index in [9.17, 15) is 19.3 Å². The standard InChI is InChI=1S/C14H17FN2O4/c15-11-8-13(17(20)21)10(14(18)19)7-12(11)16-6-5-9-3-1-2-4-9/h7-9,16H,1-6H2,(H,18,19). The van der Waals surface area contributed by atoms with Crippen LogP contribution in [0.3, 0.4) is 0 Å². The van der Waals surface area contributed by atoms with E-state index in [1.54, 1.807) is 0 Å². The Kier molecular flexibility index (Phi) is 4.72. The number of carbonyl (C=O) groups is 1. The summed E-state index contributed by atoms with van der Waals surface area (Å²) >= 11 is 0. The van der Waals surface area contributed by atoms with E-state index in [1.165, 1.54) is 25.7 Å². The summed E-state index contributed by atoms with van der Waals surface area (Å²) in [5.41, 5.74) is -1.25. The van der Waals surface area contributed by atoms with Gasteiger partial charge in [0, 0.05) is 6.54 Å². The fraction of sp³-hybridized carbons (Fsp3) is 0.500. The van der Waals surface area contributed by atoms with Gasteiger partial charge in [-0.2, -0.15) is 0 Å². The number of halogens is 1. The van der Waals surface area contributed by atoms with E-state index in [-0.39, 0.29) is 5.69 Å². The molecule has 0 aromatic heterocycles. The average molecular weight is 296 g/mol. The maximum atomic E-state index is 13.8. The molecule has 1 aromatic rings. The molecule has 1 aromatic carbocycles. The van der Waals surface area contributed by atoms with Crippen LogP contribution < -0.4 is 5.32 Å². The summed E-state index contributed by atoms with van der Waals surface area (Å²) in [6.45, 7) is 0.526. The van der Waals surface area contributed by atoms with Gasteiger partial charge >= 0.3 is 5.97 Å². The summed E-state index contributed by atoms with van der Waals surface area (Å²) in [7, 11) is 0. The largest absolute Gasteiger partial charge is 0.477 e. The van der Waals surface area contributed by atoms with E-state index in [4.69, 9.17) is 5.11 Å². The summed E-state index contributed by atoms with van der Waals surface area (Å²) in [6.07, 6.45) is 5.67. The molecule has 0 unspecified atom stereocenters. The molecule has 0 bridgehead atoms. The highest BCUT2D eigenvalue weighted by atomic mass is 19.1. The molecule has 0 heterocycles. The third kappa shape index (κ3) is 3.68. The molecule has 7 heteroatoms. The van der Waals surface area contributed by atoms with Crippen LogP contribution >= 0.6 is 0 Å². The molecule has 0 radical (unpaired) electrons. The van der Waals surface area contributed by atoms with Gasteiger partial charge in [0.2, 0.25) is 0 Å². The number of rotatable bonds is 6. The maximum Gasteiger partial charge on any atom is 0.342 e. The summed E-state index contributed by atoms with van der Waals surface area (Å²) in [4.78, 5) is 20.9. The molecule has 1 aliphatic rings. The van der Waals surface area contributed by atoms with Crippen LogP contribution in [0.2, 0.25) is 0 Å². The van der Waals surface area contributed by atoms with Crippen molar-refractivity contribution in [1.82, 2.24) is 0 Å². The Labute approximate surface area is 121 Å². The lowest BCUT2D eigenvalue weighted by Crippen LogP contribution is -2.10. The van der Waals surface area contributed by atoms with Crippen LogP contribution in [0.5, 0.6) is 0 Å². The second-order valence-corrected chi connectivity index (χ2v) is 5.28. The molecule has 2 rings (SSSR count). The number of nitro benzene ring substituents is 1. The van der Waals surface area contributed by atoms with Crippen LogP contribution in [0, 0.1) is 21.8 Å². The number of hydrogen-bond donors (Lipinski definition) is 2. The topological polar surface area (TPSA) is 92.5 Å². The van der Waals surface area contributed by atoms with Crippen molar-refractivity contribution in [1.29, 1.82) is 0 Å². The van der Waals surface area contributed by atoms with Gasteiger partial charge < -0.3 is 10.4 Å². The van der Waals surface area contributed by atoms with Crippen LogP contribution in [0.4, 0.5) is 15.8 Å². The molecule has 1 aliphatic carbocycles. The lowest BCUT2D eigenvalue weighted by Gasteiger charge is -2.12. The Morgan fingerprint density at radius 3 is 2.67 bits per heavy atom. The van der Waals surface area contributed by atoms with Crippen molar-refractivity contribution in [2.45, 2.75) is 32.1 Å². The fourth-order valence-corrected chi connectivity index (χ4v) is 2.73. The molecular formula is C14H17FN2O4. The number of hydrogen-bond acceptors (Lipinski definition) is 4. The third-order valence-corrected chi connectivity index (χ3v) is 3.86. The van der Waals surface area contributed by atoms with E-state index >= 15 is 0 Å². The summed E-state index contributed by atoms with van der Waals surface area (Å²) in [5, 5.41) is 22.5. The quantitative estimate of drug-likeness (QED) is 0.619. The van der Waals surface area contributed by atoms with Gasteiger partial charge in [0.05, 0.1) is 16.7 Å². The van der Waals surface area contributed by atoms with Crippen LogP contribution in [-0.4, -0.2) is 22.5 Å². The van der Waals surface area contributed by atoms with Gasteiger partial charge in [0.15, 0.2) is 5.82 Å². The highest BCUT2D eigenvalue weighted by Crippen LogP contribution is 2.29. The Balaban J connectivity index is 2.09. The normalized spacial score (nSPS) is 15.1. The number of nitrogens with zero attached hydrogens (tertiary/aromatic N) is 1. The monoisotopic (exact) mass is 296 g/mol. The first-order valence-electron chi connectivity index (χ1n) is 6.94. The minimum Gasteiger partial charge on any atom is -0.477 e. The number of carboxylic acid groups (broad SMARTS) is 1. The van der Waals surface area contributed by atoms with Crippen LogP contribution in [0.15, 0.2) is 12.1 Å². The van der Waals surface area contributed by atoms with Crippen molar-refractivity contribution in [3.8, 4) is 0 Å². The van der Waals surface area contributed by atoms with Gasteiger partial charge in [-0.15, -0.1) is 0 Å². The van der Waals surface area contributed by atoms with Gasteiger partial charge in [0.1, 0.15) is 5.56 Å². The zero-order chi connectivity index (χ0) is 15.4. The highest BCUT2D eigenvalue weighted by Gasteiger charge is 2.23. The molecule has 0 aliphatic heterocycles. The zero-order valence-corrected chi connectivity index (χ0v) is 11.5. The first kappa shape index (κ1) is 15.2. The molecule has 114 valence electrons. The molecule has 1 saturated carbocycles. The number of benzene rings is 1. The highest BCUT2D eigenvalue weighted by molar-refractivity contribution is 5.93. The summed E-state index contributed by atoms with van der Waals surface area (Å²) in [6, 6.07) is 1.64. The van der Waals surface area contributed by atoms with Crippen LogP contribution in [0.1, 0.15) is 42.5 Å². The lowest BCUT2D eigenvalue weighted by atomic mass is 10.0. The van der Waals surface area contributed by atoms with Gasteiger partial charge in [-0.25, -0.2) is 9.18 Å². The van der Waals surface area contributed by atoms with Gasteiger partial charge in [-0.1, -0.05) is 25.7 Å². The van der Waals surface area contributed by atoms with Crippen molar-refractivity contribution in [3.05, 3.63) is 33.6 Å². The van der Waals surface area contributed by atoms with E-state index < -0.39 is 28.0 Å². The Bertz CT molecular complexity index is 556. The number of nitro groups is 1. The fourth-order valence-electron chi connectivity index (χ4n) is 2.73. The molecule has 2 N–H and O–H groups in total. The van der Waals surface area contributed by atoms with E-state index in [2.05, 4.69) is 5.32 Å². The molecule has 0 amide bonds. The molecule has 0 atom stereocenters. The second-order valence-electron chi connectivity index (χ2n) is 5.28.